The fourth-order valence-electron chi connectivity index (χ4n) is 4.30. The molecule has 5 rings (SSSR count). The highest BCUT2D eigenvalue weighted by atomic mass is 32.2. The second-order valence-corrected chi connectivity index (χ2v) is 11.3. The van der Waals surface area contributed by atoms with Crippen LogP contribution in [0.1, 0.15) is 35.2 Å². The Labute approximate surface area is 207 Å². The summed E-state index contributed by atoms with van der Waals surface area (Å²) in [7, 11) is -3.87. The summed E-state index contributed by atoms with van der Waals surface area (Å²) in [6.45, 7) is 1.94. The maximum Gasteiger partial charge on any atom is 0.308 e. The smallest absolute Gasteiger partial charge is 0.308 e. The average Bonchev–Trinajstić information content (AvgIpc) is 3.19. The van der Waals surface area contributed by atoms with Gasteiger partial charge in [0.2, 0.25) is 0 Å². The maximum absolute atomic E-state index is 13.0. The Balaban J connectivity index is 1.34. The lowest BCUT2D eigenvalue weighted by molar-refractivity contribution is 0.0724. The molecule has 0 spiro atoms. The molecular weight excluding hydrogens is 482 g/mol. The van der Waals surface area contributed by atoms with Crippen LogP contribution in [-0.4, -0.2) is 36.9 Å². The molecular formula is C26H25N3O4S2. The van der Waals surface area contributed by atoms with Crippen LogP contribution in [-0.2, 0) is 16.6 Å². The summed E-state index contributed by atoms with van der Waals surface area (Å²) >= 11 is 1.03. The molecule has 3 aromatic carbocycles. The summed E-state index contributed by atoms with van der Waals surface area (Å²) in [5, 5.41) is 0. The summed E-state index contributed by atoms with van der Waals surface area (Å²) in [5.74, 6) is -0.0283. The summed E-state index contributed by atoms with van der Waals surface area (Å²) in [5.41, 5.74) is 2.61. The Morgan fingerprint density at radius 1 is 0.914 bits per heavy atom. The molecule has 1 aliphatic rings. The zero-order chi connectivity index (χ0) is 24.4. The van der Waals surface area contributed by atoms with Crippen molar-refractivity contribution in [3.63, 3.8) is 0 Å². The summed E-state index contributed by atoms with van der Waals surface area (Å²) in [4.78, 5) is 27.0. The normalized spacial score (nSPS) is 14.2. The maximum atomic E-state index is 13.0. The first kappa shape index (κ1) is 23.3. The number of thiazole rings is 1. The van der Waals surface area contributed by atoms with Gasteiger partial charge in [-0.15, -0.1) is 0 Å². The number of carbonyl (C=O) groups is 1. The Kier molecular flexibility index (Phi) is 6.44. The Morgan fingerprint density at radius 3 is 2.34 bits per heavy atom. The fraction of sp³-hybridized carbons (Fsp3) is 0.231. The van der Waals surface area contributed by atoms with Crippen LogP contribution in [0.4, 0.5) is 5.69 Å². The van der Waals surface area contributed by atoms with Crippen molar-refractivity contribution in [3.05, 3.63) is 93.6 Å². The number of nitrogens with one attached hydrogen (secondary N) is 1. The first-order chi connectivity index (χ1) is 16.9. The predicted molar refractivity (Wildman–Crippen MR) is 139 cm³/mol. The van der Waals surface area contributed by atoms with Crippen LogP contribution in [0.5, 0.6) is 0 Å². The molecule has 0 atom stereocenters. The zero-order valence-corrected chi connectivity index (χ0v) is 20.6. The molecule has 0 radical (unpaired) electrons. The van der Waals surface area contributed by atoms with Gasteiger partial charge < -0.3 is 4.90 Å². The van der Waals surface area contributed by atoms with E-state index in [4.69, 9.17) is 0 Å². The van der Waals surface area contributed by atoms with E-state index in [0.29, 0.717) is 28.0 Å². The lowest BCUT2D eigenvalue weighted by atomic mass is 10.1. The number of fused-ring (bicyclic) bond motifs is 1. The van der Waals surface area contributed by atoms with Gasteiger partial charge in [0.1, 0.15) is 0 Å². The average molecular weight is 508 g/mol. The minimum absolute atomic E-state index is 0.0283. The summed E-state index contributed by atoms with van der Waals surface area (Å²) < 4.78 is 30.9. The SMILES string of the molecule is O=C(c1ccc(NS(=O)(=O)c2ccc3c(c2)sc(=O)n3Cc2ccccc2)cc1)N1CCCCC1. The minimum atomic E-state index is -3.87. The molecule has 1 fully saturated rings. The number of hydrogen-bond donors (Lipinski definition) is 1. The van der Waals surface area contributed by atoms with Gasteiger partial charge in [0.25, 0.3) is 15.9 Å². The van der Waals surface area contributed by atoms with Gasteiger partial charge in [-0.3, -0.25) is 18.9 Å². The van der Waals surface area contributed by atoms with Gasteiger partial charge in [0.15, 0.2) is 0 Å². The van der Waals surface area contributed by atoms with Gasteiger partial charge in [-0.1, -0.05) is 41.7 Å². The first-order valence-corrected chi connectivity index (χ1v) is 13.8. The van der Waals surface area contributed by atoms with Gasteiger partial charge in [-0.25, -0.2) is 8.42 Å². The van der Waals surface area contributed by atoms with Crippen molar-refractivity contribution in [1.29, 1.82) is 0 Å². The number of nitrogens with zero attached hydrogens (tertiary/aromatic N) is 2. The van der Waals surface area contributed by atoms with Crippen molar-refractivity contribution in [2.45, 2.75) is 30.7 Å². The van der Waals surface area contributed by atoms with E-state index in [1.165, 1.54) is 12.1 Å². The topological polar surface area (TPSA) is 88.5 Å². The van der Waals surface area contributed by atoms with E-state index in [2.05, 4.69) is 4.72 Å². The van der Waals surface area contributed by atoms with E-state index in [0.717, 1.165) is 49.3 Å². The Bertz CT molecular complexity index is 1520. The lowest BCUT2D eigenvalue weighted by Gasteiger charge is -2.26. The fourth-order valence-corrected chi connectivity index (χ4v) is 6.39. The zero-order valence-electron chi connectivity index (χ0n) is 19.0. The number of anilines is 1. The monoisotopic (exact) mass is 507 g/mol. The van der Waals surface area contributed by atoms with E-state index in [1.54, 1.807) is 34.9 Å². The number of carbonyl (C=O) groups excluding carboxylic acids is 1. The molecule has 0 saturated carbocycles. The van der Waals surface area contributed by atoms with Gasteiger partial charge in [-0.2, -0.15) is 0 Å². The molecule has 1 aliphatic heterocycles. The molecule has 2 heterocycles. The van der Waals surface area contributed by atoms with E-state index in [9.17, 15) is 18.0 Å². The van der Waals surface area contributed by atoms with Crippen molar-refractivity contribution in [1.82, 2.24) is 9.47 Å². The predicted octanol–water partition coefficient (Wildman–Crippen LogP) is 4.54. The van der Waals surface area contributed by atoms with Crippen LogP contribution in [0.2, 0.25) is 0 Å². The number of aromatic nitrogens is 1. The minimum Gasteiger partial charge on any atom is -0.339 e. The molecule has 4 aromatic rings. The van der Waals surface area contributed by atoms with E-state index < -0.39 is 10.0 Å². The standard InChI is InChI=1S/C26H25N3O4S2/c30-25(28-15-5-2-6-16-28)20-9-11-21(12-10-20)27-35(32,33)22-13-14-23-24(17-22)34-26(31)29(23)18-19-7-3-1-4-8-19/h1,3-4,7-14,17,27H,2,5-6,15-16,18H2. The van der Waals surface area contributed by atoms with Gasteiger partial charge >= 0.3 is 4.87 Å². The molecule has 9 heteroatoms. The van der Waals surface area contributed by atoms with Gasteiger partial charge in [0.05, 0.1) is 21.7 Å². The quantitative estimate of drug-likeness (QED) is 0.415. The van der Waals surface area contributed by atoms with Crippen LogP contribution in [0, 0.1) is 0 Å². The molecule has 180 valence electrons. The lowest BCUT2D eigenvalue weighted by Crippen LogP contribution is -2.35. The number of piperidine rings is 1. The van der Waals surface area contributed by atoms with E-state index in [1.807, 2.05) is 35.2 Å². The number of hydrogen-bond acceptors (Lipinski definition) is 5. The van der Waals surface area contributed by atoms with Crippen molar-refractivity contribution in [2.24, 2.45) is 0 Å². The molecule has 0 aliphatic carbocycles. The van der Waals surface area contributed by atoms with E-state index >= 15 is 0 Å². The van der Waals surface area contributed by atoms with Crippen LogP contribution < -0.4 is 9.60 Å². The molecule has 0 bridgehead atoms. The van der Waals surface area contributed by atoms with Crippen LogP contribution in [0.3, 0.4) is 0 Å². The third kappa shape index (κ3) is 5.01. The number of likely N-dealkylation sites (tertiary alicyclic amines) is 1. The summed E-state index contributed by atoms with van der Waals surface area (Å²) in [6.07, 6.45) is 3.17. The molecule has 7 nitrogen and oxygen atoms in total. The Hall–Kier alpha value is -3.43. The molecule has 1 aromatic heterocycles. The number of benzene rings is 3. The summed E-state index contributed by atoms with van der Waals surface area (Å²) in [6, 6.07) is 20.8. The Morgan fingerprint density at radius 2 is 1.63 bits per heavy atom. The molecule has 1 N–H and O–H groups in total. The van der Waals surface area contributed by atoms with Crippen LogP contribution in [0.15, 0.2) is 82.5 Å². The second kappa shape index (κ2) is 9.67. The second-order valence-electron chi connectivity index (χ2n) is 8.60. The first-order valence-electron chi connectivity index (χ1n) is 11.5. The van der Waals surface area contributed by atoms with Crippen molar-refractivity contribution in [3.8, 4) is 0 Å². The largest absolute Gasteiger partial charge is 0.339 e. The highest BCUT2D eigenvalue weighted by molar-refractivity contribution is 7.92. The van der Waals surface area contributed by atoms with E-state index in [-0.39, 0.29) is 15.7 Å². The number of amides is 1. The molecule has 35 heavy (non-hydrogen) atoms. The van der Waals surface area contributed by atoms with Gasteiger partial charge in [0, 0.05) is 24.3 Å². The van der Waals surface area contributed by atoms with Crippen molar-refractivity contribution in [2.75, 3.05) is 17.8 Å². The molecule has 1 saturated heterocycles. The van der Waals surface area contributed by atoms with Crippen LogP contribution >= 0.6 is 11.3 Å². The number of sulfonamides is 1. The number of rotatable bonds is 6. The third-order valence-corrected chi connectivity index (χ3v) is 8.48. The van der Waals surface area contributed by atoms with Crippen LogP contribution in [0.25, 0.3) is 10.2 Å². The highest BCUT2D eigenvalue weighted by Crippen LogP contribution is 2.24. The molecule has 0 unspecified atom stereocenters. The third-order valence-electron chi connectivity index (χ3n) is 6.16. The molecule has 1 amide bonds. The van der Waals surface area contributed by atoms with Gasteiger partial charge in [-0.05, 0) is 67.3 Å². The highest BCUT2D eigenvalue weighted by Gasteiger charge is 2.20. The van der Waals surface area contributed by atoms with Crippen molar-refractivity contribution < 1.29 is 13.2 Å². The van der Waals surface area contributed by atoms with Crippen molar-refractivity contribution >= 4 is 43.2 Å².